The van der Waals surface area contributed by atoms with E-state index in [1.165, 1.54) is 12.1 Å². The van der Waals surface area contributed by atoms with Crippen LogP contribution >= 0.6 is 15.9 Å². The average Bonchev–Trinajstić information content (AvgIpc) is 2.54. The summed E-state index contributed by atoms with van der Waals surface area (Å²) in [6.07, 6.45) is 0.535. The smallest absolute Gasteiger partial charge is 0.223 e. The summed E-state index contributed by atoms with van der Waals surface area (Å²) >= 11 is 3.30. The van der Waals surface area contributed by atoms with Crippen molar-refractivity contribution in [2.75, 3.05) is 6.54 Å². The monoisotopic (exact) mass is 381 g/mol. The fraction of sp³-hybridized carbons (Fsp3) is 0.278. The fourth-order valence-electron chi connectivity index (χ4n) is 2.35. The molecular formula is C18H18BrF2NO. The van der Waals surface area contributed by atoms with Gasteiger partial charge in [0.2, 0.25) is 5.91 Å². The predicted octanol–water partition coefficient (Wildman–Crippen LogP) is 4.71. The molecule has 0 atom stereocenters. The molecule has 2 aromatic carbocycles. The second-order valence-corrected chi connectivity index (χ2v) is 6.15. The van der Waals surface area contributed by atoms with Crippen molar-refractivity contribution in [1.82, 2.24) is 4.90 Å². The molecule has 23 heavy (non-hydrogen) atoms. The van der Waals surface area contributed by atoms with Crippen LogP contribution in [0.25, 0.3) is 0 Å². The number of aryl methyl sites for hydroxylation is 1. The van der Waals surface area contributed by atoms with Gasteiger partial charge in [-0.3, -0.25) is 4.79 Å². The van der Waals surface area contributed by atoms with Crippen LogP contribution in [0.3, 0.4) is 0 Å². The predicted molar refractivity (Wildman–Crippen MR) is 89.9 cm³/mol. The Hall–Kier alpha value is -1.75. The average molecular weight is 382 g/mol. The Labute approximate surface area is 143 Å². The van der Waals surface area contributed by atoms with E-state index in [0.717, 1.165) is 4.47 Å². The minimum absolute atomic E-state index is 0.116. The quantitative estimate of drug-likeness (QED) is 0.709. The van der Waals surface area contributed by atoms with Crippen molar-refractivity contribution in [1.29, 1.82) is 0 Å². The molecule has 0 saturated carbocycles. The zero-order valence-corrected chi connectivity index (χ0v) is 14.4. The highest BCUT2D eigenvalue weighted by molar-refractivity contribution is 9.10. The molecule has 0 aliphatic rings. The van der Waals surface area contributed by atoms with E-state index in [4.69, 9.17) is 0 Å². The van der Waals surface area contributed by atoms with Crippen LogP contribution in [0.2, 0.25) is 0 Å². The molecular weight excluding hydrogens is 364 g/mol. The summed E-state index contributed by atoms with van der Waals surface area (Å²) in [6, 6.07) is 11.1. The lowest BCUT2D eigenvalue weighted by Gasteiger charge is -2.21. The van der Waals surface area contributed by atoms with Crippen LogP contribution in [-0.4, -0.2) is 17.4 Å². The first-order valence-electron chi connectivity index (χ1n) is 7.46. The van der Waals surface area contributed by atoms with Gasteiger partial charge in [-0.15, -0.1) is 0 Å². The number of hydrogen-bond donors (Lipinski definition) is 0. The van der Waals surface area contributed by atoms with Gasteiger partial charge in [-0.1, -0.05) is 34.1 Å². The van der Waals surface area contributed by atoms with E-state index in [9.17, 15) is 13.6 Å². The Bertz CT molecular complexity index is 690. The Morgan fingerprint density at radius 1 is 1.09 bits per heavy atom. The highest BCUT2D eigenvalue weighted by Gasteiger charge is 2.15. The zero-order valence-electron chi connectivity index (χ0n) is 12.9. The van der Waals surface area contributed by atoms with Gasteiger partial charge in [0.05, 0.1) is 0 Å². The van der Waals surface area contributed by atoms with Crippen molar-refractivity contribution in [3.8, 4) is 0 Å². The van der Waals surface area contributed by atoms with Gasteiger partial charge >= 0.3 is 0 Å². The molecule has 0 unspecified atom stereocenters. The Morgan fingerprint density at radius 2 is 1.78 bits per heavy atom. The molecule has 122 valence electrons. The van der Waals surface area contributed by atoms with Crippen molar-refractivity contribution >= 4 is 21.8 Å². The summed E-state index contributed by atoms with van der Waals surface area (Å²) in [5.74, 6) is -0.759. The van der Waals surface area contributed by atoms with Gasteiger partial charge in [0.15, 0.2) is 0 Å². The molecule has 0 aliphatic heterocycles. The van der Waals surface area contributed by atoms with Gasteiger partial charge in [-0.05, 0) is 43.2 Å². The molecule has 5 heteroatoms. The lowest BCUT2D eigenvalue weighted by molar-refractivity contribution is -0.131. The van der Waals surface area contributed by atoms with Gasteiger partial charge in [0.1, 0.15) is 11.6 Å². The summed E-state index contributed by atoms with van der Waals surface area (Å²) in [5.41, 5.74) is 0.978. The molecule has 1 amide bonds. The SMILES string of the molecule is CCN(Cc1cc(Br)ccc1F)C(=O)CCc1ccccc1F. The van der Waals surface area contributed by atoms with Crippen molar-refractivity contribution in [2.45, 2.75) is 26.3 Å². The zero-order chi connectivity index (χ0) is 16.8. The number of carbonyl (C=O) groups excluding carboxylic acids is 1. The Kier molecular flexibility index (Phi) is 6.28. The third-order valence-electron chi connectivity index (χ3n) is 3.67. The molecule has 0 saturated heterocycles. The number of hydrogen-bond acceptors (Lipinski definition) is 1. The van der Waals surface area contributed by atoms with E-state index in [2.05, 4.69) is 15.9 Å². The summed E-state index contributed by atoms with van der Waals surface area (Å²) < 4.78 is 28.2. The largest absolute Gasteiger partial charge is 0.339 e. The lowest BCUT2D eigenvalue weighted by Crippen LogP contribution is -2.30. The van der Waals surface area contributed by atoms with Crippen LogP contribution in [0.5, 0.6) is 0 Å². The number of rotatable bonds is 6. The normalized spacial score (nSPS) is 10.6. The van der Waals surface area contributed by atoms with Crippen molar-refractivity contribution in [2.24, 2.45) is 0 Å². The van der Waals surface area contributed by atoms with E-state index >= 15 is 0 Å². The standard InChI is InChI=1S/C18H18BrF2NO/c1-2-22(12-14-11-15(19)8-9-17(14)21)18(23)10-7-13-5-3-4-6-16(13)20/h3-6,8-9,11H,2,7,10,12H2,1H3. The topological polar surface area (TPSA) is 20.3 Å². The third kappa shape index (κ3) is 4.86. The number of carbonyl (C=O) groups is 1. The van der Waals surface area contributed by atoms with E-state index in [1.54, 1.807) is 35.2 Å². The summed E-state index contributed by atoms with van der Waals surface area (Å²) in [6.45, 7) is 2.52. The van der Waals surface area contributed by atoms with Gasteiger partial charge in [-0.2, -0.15) is 0 Å². The van der Waals surface area contributed by atoms with E-state index in [1.807, 2.05) is 6.92 Å². The molecule has 0 bridgehead atoms. The lowest BCUT2D eigenvalue weighted by atomic mass is 10.1. The molecule has 2 rings (SSSR count). The minimum Gasteiger partial charge on any atom is -0.339 e. The molecule has 0 spiro atoms. The molecule has 0 N–H and O–H groups in total. The number of nitrogens with zero attached hydrogens (tertiary/aromatic N) is 1. The molecule has 0 aliphatic carbocycles. The van der Waals surface area contributed by atoms with Gasteiger partial charge in [0.25, 0.3) is 0 Å². The maximum Gasteiger partial charge on any atom is 0.223 e. The van der Waals surface area contributed by atoms with Crippen molar-refractivity contribution < 1.29 is 13.6 Å². The summed E-state index contributed by atoms with van der Waals surface area (Å²) in [5, 5.41) is 0. The van der Waals surface area contributed by atoms with Crippen LogP contribution < -0.4 is 0 Å². The van der Waals surface area contributed by atoms with Crippen LogP contribution in [-0.2, 0) is 17.8 Å². The first kappa shape index (κ1) is 17.6. The highest BCUT2D eigenvalue weighted by atomic mass is 79.9. The van der Waals surface area contributed by atoms with Gasteiger partial charge in [-0.25, -0.2) is 8.78 Å². The van der Waals surface area contributed by atoms with Crippen LogP contribution in [0.1, 0.15) is 24.5 Å². The van der Waals surface area contributed by atoms with E-state index in [0.29, 0.717) is 24.1 Å². The maximum atomic E-state index is 13.8. The molecule has 0 radical (unpaired) electrons. The highest BCUT2D eigenvalue weighted by Crippen LogP contribution is 2.18. The van der Waals surface area contributed by atoms with Crippen molar-refractivity contribution in [3.05, 3.63) is 69.7 Å². The minimum atomic E-state index is -0.339. The van der Waals surface area contributed by atoms with E-state index < -0.39 is 0 Å². The molecule has 0 heterocycles. The summed E-state index contributed by atoms with van der Waals surface area (Å²) in [4.78, 5) is 13.9. The number of halogens is 3. The second-order valence-electron chi connectivity index (χ2n) is 5.24. The Morgan fingerprint density at radius 3 is 2.48 bits per heavy atom. The van der Waals surface area contributed by atoms with E-state index in [-0.39, 0.29) is 30.5 Å². The van der Waals surface area contributed by atoms with Crippen LogP contribution in [0, 0.1) is 11.6 Å². The number of amides is 1. The van der Waals surface area contributed by atoms with Crippen LogP contribution in [0.4, 0.5) is 8.78 Å². The van der Waals surface area contributed by atoms with Gasteiger partial charge in [0, 0.05) is 29.5 Å². The number of benzene rings is 2. The fourth-order valence-corrected chi connectivity index (χ4v) is 2.76. The maximum absolute atomic E-state index is 13.8. The first-order chi connectivity index (χ1) is 11.0. The summed E-state index contributed by atoms with van der Waals surface area (Å²) in [7, 11) is 0. The Balaban J connectivity index is 2.01. The van der Waals surface area contributed by atoms with Crippen LogP contribution in [0.15, 0.2) is 46.9 Å². The first-order valence-corrected chi connectivity index (χ1v) is 8.25. The molecule has 2 nitrogen and oxygen atoms in total. The molecule has 0 fully saturated rings. The van der Waals surface area contributed by atoms with Crippen molar-refractivity contribution in [3.63, 3.8) is 0 Å². The second kappa shape index (κ2) is 8.20. The molecule has 0 aromatic heterocycles. The van der Waals surface area contributed by atoms with Gasteiger partial charge < -0.3 is 4.90 Å². The molecule has 2 aromatic rings. The third-order valence-corrected chi connectivity index (χ3v) is 4.16.